The molecule has 3 nitrogen and oxygen atoms in total. The van der Waals surface area contributed by atoms with E-state index >= 15 is 0 Å². The minimum Gasteiger partial charge on any atom is -0.258 e. The molecule has 1 unspecified atom stereocenters. The molecule has 0 N–H and O–H groups in total. The summed E-state index contributed by atoms with van der Waals surface area (Å²) in [6, 6.07) is 4.89. The number of allylic oxidation sites excluding steroid dienone is 1. The van der Waals surface area contributed by atoms with Gasteiger partial charge in [-0.05, 0) is 24.5 Å². The quantitative estimate of drug-likeness (QED) is 0.429. The average Bonchev–Trinajstić information content (AvgIpc) is 2.27. The normalized spacial score (nSPS) is 12.1. The minimum absolute atomic E-state index is 0.0974. The Labute approximate surface area is 89.6 Å². The van der Waals surface area contributed by atoms with Crippen LogP contribution in [0.25, 0.3) is 0 Å². The third-order valence-electron chi connectivity index (χ3n) is 2.41. The first-order valence-corrected chi connectivity index (χ1v) is 4.83. The Morgan fingerprint density at radius 3 is 2.73 bits per heavy atom. The molecule has 79 valence electrons. The van der Waals surface area contributed by atoms with Crippen LogP contribution in [0.5, 0.6) is 0 Å². The first-order valence-electron chi connectivity index (χ1n) is 4.83. The fourth-order valence-electron chi connectivity index (χ4n) is 1.49. The zero-order valence-electron chi connectivity index (χ0n) is 8.77. The van der Waals surface area contributed by atoms with Crippen molar-refractivity contribution in [3.05, 3.63) is 59.0 Å². The fourth-order valence-corrected chi connectivity index (χ4v) is 1.49. The van der Waals surface area contributed by atoms with Gasteiger partial charge in [0.1, 0.15) is 0 Å². The van der Waals surface area contributed by atoms with Crippen molar-refractivity contribution in [3.8, 4) is 0 Å². The van der Waals surface area contributed by atoms with Crippen LogP contribution in [0.15, 0.2) is 30.9 Å². The van der Waals surface area contributed by atoms with Gasteiger partial charge in [0.25, 0.3) is 5.69 Å². The summed E-state index contributed by atoms with van der Waals surface area (Å²) in [4.78, 5) is 10.2. The van der Waals surface area contributed by atoms with E-state index in [0.29, 0.717) is 0 Å². The summed E-state index contributed by atoms with van der Waals surface area (Å²) in [5.74, 6) is -0.0974. The van der Waals surface area contributed by atoms with Crippen molar-refractivity contribution in [1.82, 2.24) is 0 Å². The van der Waals surface area contributed by atoms with Gasteiger partial charge in [-0.2, -0.15) is 0 Å². The highest BCUT2D eigenvalue weighted by Gasteiger charge is 2.12. The van der Waals surface area contributed by atoms with Gasteiger partial charge in [-0.25, -0.2) is 0 Å². The second-order valence-corrected chi connectivity index (χ2v) is 3.34. The van der Waals surface area contributed by atoms with Crippen LogP contribution in [0.4, 0.5) is 5.69 Å². The molecule has 0 aliphatic rings. The molecule has 3 heteroatoms. The third kappa shape index (κ3) is 2.43. The second-order valence-electron chi connectivity index (χ2n) is 3.34. The van der Waals surface area contributed by atoms with E-state index in [1.54, 1.807) is 18.2 Å². The smallest absolute Gasteiger partial charge is 0.258 e. The number of aryl methyl sites for hydroxylation is 1. The summed E-state index contributed by atoms with van der Waals surface area (Å²) in [6.07, 6.45) is 2.53. The van der Waals surface area contributed by atoms with Gasteiger partial charge >= 0.3 is 0 Å². The first kappa shape index (κ1) is 11.4. The van der Waals surface area contributed by atoms with Gasteiger partial charge in [-0.3, -0.25) is 10.1 Å². The van der Waals surface area contributed by atoms with E-state index in [9.17, 15) is 10.1 Å². The molecule has 0 aliphatic heterocycles. The predicted octanol–water partition coefficient (Wildman–Crippen LogP) is 3.26. The van der Waals surface area contributed by atoms with E-state index in [2.05, 4.69) is 13.5 Å². The Morgan fingerprint density at radius 2 is 2.27 bits per heavy atom. The van der Waals surface area contributed by atoms with E-state index in [4.69, 9.17) is 0 Å². The number of non-ortho nitro benzene ring substituents is 1. The van der Waals surface area contributed by atoms with Crippen LogP contribution in [-0.2, 0) is 6.42 Å². The van der Waals surface area contributed by atoms with Crippen LogP contribution in [0.1, 0.15) is 24.0 Å². The summed E-state index contributed by atoms with van der Waals surface area (Å²) >= 11 is 0. The second kappa shape index (κ2) is 4.73. The van der Waals surface area contributed by atoms with Crippen molar-refractivity contribution in [3.63, 3.8) is 0 Å². The monoisotopic (exact) mass is 204 g/mol. The lowest BCUT2D eigenvalue weighted by Gasteiger charge is -2.11. The molecule has 0 fully saturated rings. The highest BCUT2D eigenvalue weighted by Crippen LogP contribution is 2.25. The molecule has 0 aliphatic carbocycles. The number of nitrogens with zero attached hydrogens (tertiary/aromatic N) is 1. The van der Waals surface area contributed by atoms with Gasteiger partial charge in [-0.1, -0.05) is 19.1 Å². The molecule has 1 aromatic carbocycles. The molecule has 0 amide bonds. The van der Waals surface area contributed by atoms with Crippen molar-refractivity contribution >= 4 is 5.69 Å². The van der Waals surface area contributed by atoms with Crippen molar-refractivity contribution < 1.29 is 4.92 Å². The molecule has 0 bridgehead atoms. The number of hydrogen-bond acceptors (Lipinski definition) is 2. The van der Waals surface area contributed by atoms with Gasteiger partial charge < -0.3 is 0 Å². The maximum absolute atomic E-state index is 10.6. The maximum Gasteiger partial charge on any atom is 0.269 e. The summed E-state index contributed by atoms with van der Waals surface area (Å²) in [6.45, 7) is 9.56. The lowest BCUT2D eigenvalue weighted by Crippen LogP contribution is -1.98. The molecule has 15 heavy (non-hydrogen) atoms. The number of nitro groups is 1. The fraction of sp³-hybridized carbons (Fsp3) is 0.250. The summed E-state index contributed by atoms with van der Waals surface area (Å²) in [5, 5.41) is 10.6. The molecule has 0 saturated carbocycles. The lowest BCUT2D eigenvalue weighted by molar-refractivity contribution is -0.384. The highest BCUT2D eigenvalue weighted by atomic mass is 16.6. The van der Waals surface area contributed by atoms with Crippen LogP contribution in [0.3, 0.4) is 0 Å². The Balaban J connectivity index is 3.24. The Morgan fingerprint density at radius 1 is 1.60 bits per heavy atom. The van der Waals surface area contributed by atoms with Gasteiger partial charge in [0.05, 0.1) is 4.92 Å². The van der Waals surface area contributed by atoms with Crippen LogP contribution < -0.4 is 0 Å². The SMILES string of the molecule is [CH2]C(C=C)c1cc([N+](=O)[O-])ccc1CC. The zero-order valence-corrected chi connectivity index (χ0v) is 8.77. The average molecular weight is 204 g/mol. The molecule has 0 heterocycles. The summed E-state index contributed by atoms with van der Waals surface area (Å²) in [5.41, 5.74) is 2.08. The molecule has 1 radical (unpaired) electrons. The van der Waals surface area contributed by atoms with Crippen molar-refractivity contribution in [2.45, 2.75) is 19.3 Å². The van der Waals surface area contributed by atoms with E-state index in [1.165, 1.54) is 6.07 Å². The van der Waals surface area contributed by atoms with Gasteiger partial charge in [0, 0.05) is 18.1 Å². The topological polar surface area (TPSA) is 43.1 Å². The first-order chi connectivity index (χ1) is 7.10. The summed E-state index contributed by atoms with van der Waals surface area (Å²) < 4.78 is 0. The van der Waals surface area contributed by atoms with Crippen LogP contribution in [0, 0.1) is 17.0 Å². The largest absolute Gasteiger partial charge is 0.269 e. The van der Waals surface area contributed by atoms with E-state index in [0.717, 1.165) is 17.5 Å². The van der Waals surface area contributed by atoms with Crippen molar-refractivity contribution in [1.29, 1.82) is 0 Å². The minimum atomic E-state index is -0.390. The third-order valence-corrected chi connectivity index (χ3v) is 2.41. The molecular formula is C12H14NO2. The Bertz CT molecular complexity index is 385. The number of benzene rings is 1. The molecule has 0 aromatic heterocycles. The van der Waals surface area contributed by atoms with Crippen LogP contribution >= 0.6 is 0 Å². The molecule has 0 spiro atoms. The van der Waals surface area contributed by atoms with Crippen molar-refractivity contribution in [2.24, 2.45) is 0 Å². The number of rotatable bonds is 4. The Kier molecular flexibility index (Phi) is 3.61. The molecule has 1 rings (SSSR count). The molecule has 1 atom stereocenters. The van der Waals surface area contributed by atoms with E-state index in [1.807, 2.05) is 6.92 Å². The Hall–Kier alpha value is -1.64. The van der Waals surface area contributed by atoms with Gasteiger partial charge in [0.15, 0.2) is 0 Å². The predicted molar refractivity (Wildman–Crippen MR) is 60.8 cm³/mol. The van der Waals surface area contributed by atoms with Crippen LogP contribution in [0.2, 0.25) is 0 Å². The zero-order chi connectivity index (χ0) is 11.4. The summed E-state index contributed by atoms with van der Waals surface area (Å²) in [7, 11) is 0. The highest BCUT2D eigenvalue weighted by molar-refractivity contribution is 5.43. The van der Waals surface area contributed by atoms with Crippen molar-refractivity contribution in [2.75, 3.05) is 0 Å². The molecule has 1 aromatic rings. The van der Waals surface area contributed by atoms with Gasteiger partial charge in [-0.15, -0.1) is 6.58 Å². The maximum atomic E-state index is 10.6. The molecule has 0 saturated heterocycles. The van der Waals surface area contributed by atoms with E-state index in [-0.39, 0.29) is 11.6 Å². The number of nitro benzene ring substituents is 1. The van der Waals surface area contributed by atoms with Gasteiger partial charge in [0.2, 0.25) is 0 Å². The molecular weight excluding hydrogens is 190 g/mol. The van der Waals surface area contributed by atoms with Crippen LogP contribution in [-0.4, -0.2) is 4.92 Å². The van der Waals surface area contributed by atoms with E-state index < -0.39 is 4.92 Å². The number of hydrogen-bond donors (Lipinski definition) is 0. The lowest BCUT2D eigenvalue weighted by atomic mass is 9.94. The standard InChI is InChI=1S/C12H14NO2/c1-4-9(3)12-8-11(13(14)15)7-6-10(12)5-2/h4,6-9H,1,3,5H2,2H3.